The molecule has 0 aliphatic rings. The van der Waals surface area contributed by atoms with Gasteiger partial charge in [0.25, 0.3) is 0 Å². The third-order valence-electron chi connectivity index (χ3n) is 2.59. The largest absolute Gasteiger partial charge is 0.336 e. The Morgan fingerprint density at radius 1 is 1.38 bits per heavy atom. The molecule has 2 aromatic rings. The molecule has 0 saturated heterocycles. The number of carbonyl (C=O) groups excluding carboxylic acids is 1. The van der Waals surface area contributed by atoms with Crippen molar-refractivity contribution in [1.29, 1.82) is 0 Å². The third kappa shape index (κ3) is 4.03. The molecule has 1 aromatic carbocycles. The van der Waals surface area contributed by atoms with Gasteiger partial charge in [-0.05, 0) is 18.2 Å². The van der Waals surface area contributed by atoms with E-state index in [9.17, 15) is 4.79 Å². The van der Waals surface area contributed by atoms with Gasteiger partial charge in [-0.2, -0.15) is 0 Å². The first-order chi connectivity index (χ1) is 10.0. The van der Waals surface area contributed by atoms with Crippen LogP contribution in [0.15, 0.2) is 23.4 Å². The van der Waals surface area contributed by atoms with Crippen molar-refractivity contribution in [2.24, 2.45) is 0 Å². The van der Waals surface area contributed by atoms with Crippen LogP contribution >= 0.6 is 35.0 Å². The first-order valence-electron chi connectivity index (χ1n) is 6.08. The average molecular weight is 346 g/mol. The van der Waals surface area contributed by atoms with Crippen molar-refractivity contribution in [1.82, 2.24) is 14.9 Å². The van der Waals surface area contributed by atoms with Gasteiger partial charge in [-0.3, -0.25) is 4.79 Å². The lowest BCUT2D eigenvalue weighted by Gasteiger charge is -2.06. The van der Waals surface area contributed by atoms with Gasteiger partial charge in [-0.1, -0.05) is 41.9 Å². The Balaban J connectivity index is 1.92. The first-order valence-corrected chi connectivity index (χ1v) is 7.82. The molecule has 1 aromatic heterocycles. The summed E-state index contributed by atoms with van der Waals surface area (Å²) in [5, 5.41) is 11.9. The SMILES string of the molecule is CCc1nnc(SCC(=O)Nc2ccc(Cl)c(Cl)c2)n1N. The van der Waals surface area contributed by atoms with E-state index in [2.05, 4.69) is 15.5 Å². The summed E-state index contributed by atoms with van der Waals surface area (Å²) >= 11 is 12.9. The minimum Gasteiger partial charge on any atom is -0.336 e. The summed E-state index contributed by atoms with van der Waals surface area (Å²) in [5.41, 5.74) is 0.582. The van der Waals surface area contributed by atoms with Gasteiger partial charge in [0, 0.05) is 12.1 Å². The highest BCUT2D eigenvalue weighted by molar-refractivity contribution is 7.99. The van der Waals surface area contributed by atoms with Crippen molar-refractivity contribution in [2.75, 3.05) is 16.9 Å². The van der Waals surface area contributed by atoms with E-state index in [0.29, 0.717) is 33.1 Å². The van der Waals surface area contributed by atoms with Crippen molar-refractivity contribution in [3.8, 4) is 0 Å². The lowest BCUT2D eigenvalue weighted by atomic mass is 10.3. The second-order valence-electron chi connectivity index (χ2n) is 4.09. The number of halogens is 2. The van der Waals surface area contributed by atoms with Crippen molar-refractivity contribution in [3.05, 3.63) is 34.1 Å². The van der Waals surface area contributed by atoms with Gasteiger partial charge >= 0.3 is 0 Å². The molecule has 0 aliphatic carbocycles. The molecule has 2 rings (SSSR count). The molecule has 0 saturated carbocycles. The average Bonchev–Trinajstić information content (AvgIpc) is 2.81. The maximum Gasteiger partial charge on any atom is 0.234 e. The third-order valence-corrected chi connectivity index (χ3v) is 4.27. The highest BCUT2D eigenvalue weighted by Gasteiger charge is 2.11. The number of hydrogen-bond donors (Lipinski definition) is 2. The number of benzene rings is 1. The van der Waals surface area contributed by atoms with Crippen LogP contribution in [0.4, 0.5) is 5.69 Å². The summed E-state index contributed by atoms with van der Waals surface area (Å²) in [6.45, 7) is 1.93. The number of amides is 1. The number of nitrogens with two attached hydrogens (primary N) is 1. The summed E-state index contributed by atoms with van der Waals surface area (Å²) in [4.78, 5) is 11.9. The highest BCUT2D eigenvalue weighted by atomic mass is 35.5. The van der Waals surface area contributed by atoms with E-state index in [4.69, 9.17) is 29.0 Å². The smallest absolute Gasteiger partial charge is 0.234 e. The predicted octanol–water partition coefficient (Wildman–Crippen LogP) is 2.59. The summed E-state index contributed by atoms with van der Waals surface area (Å²) in [6.07, 6.45) is 0.680. The van der Waals surface area contributed by atoms with Gasteiger partial charge in [0.2, 0.25) is 11.1 Å². The van der Waals surface area contributed by atoms with Gasteiger partial charge in [-0.15, -0.1) is 10.2 Å². The number of nitrogens with zero attached hydrogens (tertiary/aromatic N) is 3. The fourth-order valence-electron chi connectivity index (χ4n) is 1.55. The summed E-state index contributed by atoms with van der Waals surface area (Å²) in [6, 6.07) is 4.89. The van der Waals surface area contributed by atoms with E-state index >= 15 is 0 Å². The van der Waals surface area contributed by atoms with E-state index in [1.807, 2.05) is 6.92 Å². The van der Waals surface area contributed by atoms with Crippen molar-refractivity contribution >= 4 is 46.6 Å². The van der Waals surface area contributed by atoms with Crippen LogP contribution in [0.3, 0.4) is 0 Å². The second-order valence-corrected chi connectivity index (χ2v) is 5.84. The Kier molecular flexibility index (Phi) is 5.33. The molecular formula is C12H13Cl2N5OS. The number of thioether (sulfide) groups is 1. The maximum atomic E-state index is 11.9. The molecule has 9 heteroatoms. The van der Waals surface area contributed by atoms with Gasteiger partial charge in [0.05, 0.1) is 15.8 Å². The lowest BCUT2D eigenvalue weighted by Crippen LogP contribution is -2.17. The standard InChI is InChI=1S/C12H13Cl2N5OS/c1-2-10-17-18-12(19(10)15)21-6-11(20)16-7-3-4-8(13)9(14)5-7/h3-5H,2,6,15H2,1H3,(H,16,20). The monoisotopic (exact) mass is 345 g/mol. The Hall–Kier alpha value is -1.44. The van der Waals surface area contributed by atoms with E-state index in [-0.39, 0.29) is 11.7 Å². The number of hydrogen-bond acceptors (Lipinski definition) is 5. The Bertz CT molecular complexity index is 661. The lowest BCUT2D eigenvalue weighted by molar-refractivity contribution is -0.113. The molecule has 0 spiro atoms. The van der Waals surface area contributed by atoms with Crippen LogP contribution < -0.4 is 11.2 Å². The molecule has 0 fully saturated rings. The number of nitrogens with one attached hydrogen (secondary N) is 1. The quantitative estimate of drug-likeness (QED) is 0.642. The molecule has 21 heavy (non-hydrogen) atoms. The van der Waals surface area contributed by atoms with Crippen LogP contribution in [0.25, 0.3) is 0 Å². The summed E-state index contributed by atoms with van der Waals surface area (Å²) < 4.78 is 1.39. The molecule has 6 nitrogen and oxygen atoms in total. The number of nitrogen functional groups attached to an aromatic ring is 1. The Morgan fingerprint density at radius 3 is 2.76 bits per heavy atom. The van der Waals surface area contributed by atoms with E-state index in [1.54, 1.807) is 18.2 Å². The molecule has 0 unspecified atom stereocenters. The van der Waals surface area contributed by atoms with E-state index in [0.717, 1.165) is 0 Å². The Morgan fingerprint density at radius 2 is 2.14 bits per heavy atom. The highest BCUT2D eigenvalue weighted by Crippen LogP contribution is 2.25. The topological polar surface area (TPSA) is 85.8 Å². The number of aromatic nitrogens is 3. The van der Waals surface area contributed by atoms with E-state index in [1.165, 1.54) is 16.4 Å². The van der Waals surface area contributed by atoms with Gasteiger partial charge < -0.3 is 11.2 Å². The van der Waals surface area contributed by atoms with Crippen LogP contribution in [0.5, 0.6) is 0 Å². The van der Waals surface area contributed by atoms with E-state index < -0.39 is 0 Å². The first kappa shape index (κ1) is 15.9. The predicted molar refractivity (Wildman–Crippen MR) is 85.4 cm³/mol. The van der Waals surface area contributed by atoms with Crippen molar-refractivity contribution in [2.45, 2.75) is 18.5 Å². The minimum absolute atomic E-state index is 0.166. The van der Waals surface area contributed by atoms with Gasteiger partial charge in [0.15, 0.2) is 5.82 Å². The molecule has 112 valence electrons. The summed E-state index contributed by atoms with van der Waals surface area (Å²) in [7, 11) is 0. The summed E-state index contributed by atoms with van der Waals surface area (Å²) in [5.74, 6) is 6.44. The Labute approximate surface area is 136 Å². The van der Waals surface area contributed by atoms with Gasteiger partial charge in [0.1, 0.15) is 0 Å². The van der Waals surface area contributed by atoms with Crippen molar-refractivity contribution < 1.29 is 4.79 Å². The number of carbonyl (C=O) groups is 1. The molecule has 0 radical (unpaired) electrons. The van der Waals surface area contributed by atoms with Crippen LogP contribution in [-0.4, -0.2) is 26.5 Å². The van der Waals surface area contributed by atoms with Crippen LogP contribution in [0.1, 0.15) is 12.7 Å². The normalized spacial score (nSPS) is 10.6. The number of anilines is 1. The van der Waals surface area contributed by atoms with Crippen molar-refractivity contribution in [3.63, 3.8) is 0 Å². The molecule has 0 aliphatic heterocycles. The number of aryl methyl sites for hydroxylation is 1. The van der Waals surface area contributed by atoms with Crippen LogP contribution in [0.2, 0.25) is 10.0 Å². The molecule has 0 bridgehead atoms. The number of rotatable bonds is 5. The van der Waals surface area contributed by atoms with Crippen LogP contribution in [0, 0.1) is 0 Å². The fourth-order valence-corrected chi connectivity index (χ4v) is 2.52. The van der Waals surface area contributed by atoms with Crippen LogP contribution in [-0.2, 0) is 11.2 Å². The molecule has 1 amide bonds. The minimum atomic E-state index is -0.195. The maximum absolute atomic E-state index is 11.9. The van der Waals surface area contributed by atoms with Gasteiger partial charge in [-0.25, -0.2) is 4.68 Å². The molecular weight excluding hydrogens is 333 g/mol. The zero-order chi connectivity index (χ0) is 15.4. The molecule has 3 N–H and O–H groups in total. The molecule has 1 heterocycles. The fraction of sp³-hybridized carbons (Fsp3) is 0.250. The molecule has 0 atom stereocenters. The zero-order valence-electron chi connectivity index (χ0n) is 11.1. The second kappa shape index (κ2) is 7.02. The zero-order valence-corrected chi connectivity index (χ0v) is 13.5.